The first-order chi connectivity index (χ1) is 22.6. The Kier molecular flexibility index (Phi) is 10.5. The summed E-state index contributed by atoms with van der Waals surface area (Å²) in [5.41, 5.74) is 2.58. The molecule has 0 unspecified atom stereocenters. The van der Waals surface area contributed by atoms with Crippen molar-refractivity contribution >= 4 is 23.4 Å². The Morgan fingerprint density at radius 3 is 2.40 bits per heavy atom. The Bertz CT molecular complexity index is 1980. The lowest BCUT2D eigenvalue weighted by Crippen LogP contribution is -2.40. The molecule has 1 atom stereocenters. The number of halogens is 1. The maximum absolute atomic E-state index is 14.1. The molecule has 0 amide bonds. The second-order valence-electron chi connectivity index (χ2n) is 10.9. The highest BCUT2D eigenvalue weighted by Crippen LogP contribution is 2.36. The van der Waals surface area contributed by atoms with Crippen molar-refractivity contribution < 1.29 is 32.9 Å². The summed E-state index contributed by atoms with van der Waals surface area (Å²) in [5.74, 6) is 1.18. The van der Waals surface area contributed by atoms with Crippen LogP contribution >= 0.6 is 11.3 Å². The summed E-state index contributed by atoms with van der Waals surface area (Å²) < 4.78 is 44.0. The zero-order valence-electron chi connectivity index (χ0n) is 27.2. The zero-order valence-corrected chi connectivity index (χ0v) is 28.0. The van der Waals surface area contributed by atoms with Gasteiger partial charge in [0, 0.05) is 0 Å². The molecule has 0 radical (unpaired) electrons. The van der Waals surface area contributed by atoms with Gasteiger partial charge in [-0.05, 0) is 93.8 Å². The van der Waals surface area contributed by atoms with Crippen molar-refractivity contribution in [3.8, 4) is 23.0 Å². The molecule has 11 heteroatoms. The molecule has 0 aliphatic carbocycles. The molecule has 246 valence electrons. The van der Waals surface area contributed by atoms with Crippen molar-refractivity contribution in [3.05, 3.63) is 114 Å². The van der Waals surface area contributed by atoms with E-state index in [0.717, 1.165) is 5.56 Å². The van der Waals surface area contributed by atoms with Gasteiger partial charge in [0.1, 0.15) is 12.4 Å². The monoisotopic (exact) mass is 660 g/mol. The molecule has 0 saturated carbocycles. The van der Waals surface area contributed by atoms with Gasteiger partial charge in [0.2, 0.25) is 0 Å². The molecule has 3 aromatic carbocycles. The molecule has 1 aliphatic heterocycles. The fraction of sp³-hybridized carbons (Fsp3) is 0.306. The molecule has 47 heavy (non-hydrogen) atoms. The van der Waals surface area contributed by atoms with Gasteiger partial charge in [0.15, 0.2) is 27.8 Å². The molecular formula is C36H37FN2O7S. The average Bonchev–Trinajstić information content (AvgIpc) is 3.34. The fourth-order valence-corrected chi connectivity index (χ4v) is 6.25. The van der Waals surface area contributed by atoms with E-state index >= 15 is 0 Å². The van der Waals surface area contributed by atoms with Gasteiger partial charge >= 0.3 is 5.97 Å². The van der Waals surface area contributed by atoms with Crippen LogP contribution < -0.4 is 33.8 Å². The van der Waals surface area contributed by atoms with E-state index in [1.807, 2.05) is 32.9 Å². The van der Waals surface area contributed by atoms with Gasteiger partial charge < -0.3 is 23.7 Å². The number of thiazole rings is 1. The van der Waals surface area contributed by atoms with E-state index in [-0.39, 0.29) is 36.3 Å². The highest BCUT2D eigenvalue weighted by atomic mass is 32.1. The lowest BCUT2D eigenvalue weighted by Gasteiger charge is -2.25. The number of carbonyl (C=O) groups excluding carboxylic acids is 1. The van der Waals surface area contributed by atoms with Crippen LogP contribution in [-0.2, 0) is 16.1 Å². The van der Waals surface area contributed by atoms with E-state index in [1.165, 1.54) is 28.0 Å². The maximum Gasteiger partial charge on any atom is 0.338 e. The standard InChI is InChI=1S/C36H37FN2O7S/c1-7-43-30-17-24(11-15-27(30)45-20-23-9-13-26(37)14-10-23)18-31-34(40)39-33(25-12-16-28(46-21(3)4)29(19-25)42-6)32(35(41)44-8-2)22(5)38-36(39)47-31/h9-19,21,33H,7-8,20H2,1-6H3/b31-18-/t33-/m0/s1. The van der Waals surface area contributed by atoms with Crippen molar-refractivity contribution in [2.45, 2.75) is 53.4 Å². The summed E-state index contributed by atoms with van der Waals surface area (Å²) in [7, 11) is 1.54. The molecule has 9 nitrogen and oxygen atoms in total. The molecule has 0 bridgehead atoms. The Hall–Kier alpha value is -4.90. The molecule has 2 heterocycles. The molecule has 1 aliphatic rings. The third kappa shape index (κ3) is 7.41. The Balaban J connectivity index is 1.57. The van der Waals surface area contributed by atoms with Crippen LogP contribution in [0.15, 0.2) is 81.7 Å². The number of aromatic nitrogens is 1. The van der Waals surface area contributed by atoms with Crippen LogP contribution in [0.25, 0.3) is 6.08 Å². The highest BCUT2D eigenvalue weighted by Gasteiger charge is 2.34. The number of hydrogen-bond donors (Lipinski definition) is 0. The summed E-state index contributed by atoms with van der Waals surface area (Å²) >= 11 is 1.22. The van der Waals surface area contributed by atoms with Crippen LogP contribution in [0.2, 0.25) is 0 Å². The number of fused-ring (bicyclic) bond motifs is 1. The normalized spacial score (nSPS) is 14.5. The van der Waals surface area contributed by atoms with Gasteiger partial charge in [-0.25, -0.2) is 14.2 Å². The number of hydrogen-bond acceptors (Lipinski definition) is 9. The number of benzene rings is 3. The van der Waals surface area contributed by atoms with Crippen LogP contribution in [0, 0.1) is 5.82 Å². The van der Waals surface area contributed by atoms with Crippen LogP contribution in [0.1, 0.15) is 57.4 Å². The molecule has 0 spiro atoms. The number of ether oxygens (including phenoxy) is 5. The summed E-state index contributed by atoms with van der Waals surface area (Å²) in [5, 5.41) is 0. The van der Waals surface area contributed by atoms with Crippen molar-refractivity contribution in [2.75, 3.05) is 20.3 Å². The van der Waals surface area contributed by atoms with E-state index < -0.39 is 12.0 Å². The zero-order chi connectivity index (χ0) is 33.7. The first-order valence-electron chi connectivity index (χ1n) is 15.3. The highest BCUT2D eigenvalue weighted by molar-refractivity contribution is 7.07. The van der Waals surface area contributed by atoms with Gasteiger partial charge in [-0.1, -0.05) is 35.6 Å². The molecule has 0 saturated heterocycles. The molecule has 1 aromatic heterocycles. The van der Waals surface area contributed by atoms with E-state index in [0.29, 0.717) is 55.8 Å². The summed E-state index contributed by atoms with van der Waals surface area (Å²) in [6.45, 7) is 9.98. The smallest absolute Gasteiger partial charge is 0.338 e. The maximum atomic E-state index is 14.1. The number of esters is 1. The van der Waals surface area contributed by atoms with Crippen molar-refractivity contribution in [1.29, 1.82) is 0 Å². The fourth-order valence-electron chi connectivity index (χ4n) is 5.21. The summed E-state index contributed by atoms with van der Waals surface area (Å²) in [4.78, 5) is 32.6. The van der Waals surface area contributed by atoms with Crippen LogP contribution in [0.3, 0.4) is 0 Å². The Morgan fingerprint density at radius 1 is 0.979 bits per heavy atom. The quantitative estimate of drug-likeness (QED) is 0.180. The first kappa shape index (κ1) is 33.5. The summed E-state index contributed by atoms with van der Waals surface area (Å²) in [6.07, 6.45) is 1.68. The molecule has 5 rings (SSSR count). The van der Waals surface area contributed by atoms with Gasteiger partial charge in [-0.2, -0.15) is 0 Å². The van der Waals surface area contributed by atoms with Gasteiger partial charge in [-0.15, -0.1) is 0 Å². The Labute approximate surface area is 276 Å². The van der Waals surface area contributed by atoms with Crippen LogP contribution in [0.4, 0.5) is 4.39 Å². The lowest BCUT2D eigenvalue weighted by molar-refractivity contribution is -0.139. The molecule has 0 N–H and O–H groups in total. The minimum atomic E-state index is -0.810. The van der Waals surface area contributed by atoms with Gasteiger partial charge in [-0.3, -0.25) is 9.36 Å². The van der Waals surface area contributed by atoms with Crippen molar-refractivity contribution in [3.63, 3.8) is 0 Å². The van der Waals surface area contributed by atoms with Gasteiger partial charge in [0.05, 0.1) is 48.3 Å². The predicted octanol–water partition coefficient (Wildman–Crippen LogP) is 5.71. The number of carbonyl (C=O) groups is 1. The SMILES string of the molecule is CCOC(=O)C1=C(C)N=c2s/c(=C\c3ccc(OCc4ccc(F)cc4)c(OCC)c3)c(=O)n2[C@H]1c1ccc(OC(C)C)c(OC)c1. The first-order valence-corrected chi connectivity index (χ1v) is 16.1. The number of methoxy groups -OCH3 is 1. The van der Waals surface area contributed by atoms with E-state index in [4.69, 9.17) is 23.7 Å². The number of allylic oxidation sites excluding steroid dienone is 1. The number of rotatable bonds is 12. The van der Waals surface area contributed by atoms with Crippen LogP contribution in [-0.4, -0.2) is 37.0 Å². The average molecular weight is 661 g/mol. The Morgan fingerprint density at radius 2 is 1.72 bits per heavy atom. The minimum absolute atomic E-state index is 0.0803. The minimum Gasteiger partial charge on any atom is -0.493 e. The third-order valence-electron chi connectivity index (χ3n) is 7.26. The molecule has 4 aromatic rings. The second-order valence-corrected chi connectivity index (χ2v) is 11.9. The van der Waals surface area contributed by atoms with Crippen molar-refractivity contribution in [2.24, 2.45) is 4.99 Å². The van der Waals surface area contributed by atoms with E-state index in [1.54, 1.807) is 63.4 Å². The van der Waals surface area contributed by atoms with E-state index in [2.05, 4.69) is 4.99 Å². The predicted molar refractivity (Wildman–Crippen MR) is 177 cm³/mol. The molecular weight excluding hydrogens is 623 g/mol. The summed E-state index contributed by atoms with van der Waals surface area (Å²) in [6, 6.07) is 16.1. The third-order valence-corrected chi connectivity index (χ3v) is 8.24. The largest absolute Gasteiger partial charge is 0.493 e. The van der Waals surface area contributed by atoms with Gasteiger partial charge in [0.25, 0.3) is 5.56 Å². The topological polar surface area (TPSA) is 97.6 Å². The van der Waals surface area contributed by atoms with Crippen LogP contribution in [0.5, 0.6) is 23.0 Å². The van der Waals surface area contributed by atoms with E-state index in [9.17, 15) is 14.0 Å². The second kappa shape index (κ2) is 14.7. The number of nitrogens with zero attached hydrogens (tertiary/aromatic N) is 2. The lowest BCUT2D eigenvalue weighted by atomic mass is 9.95. The van der Waals surface area contributed by atoms with Crippen molar-refractivity contribution in [1.82, 2.24) is 4.57 Å². The molecule has 0 fully saturated rings.